The summed E-state index contributed by atoms with van der Waals surface area (Å²) in [6.45, 7) is 4.15. The highest BCUT2D eigenvalue weighted by Crippen LogP contribution is 2.37. The van der Waals surface area contributed by atoms with Gasteiger partial charge < -0.3 is 14.1 Å². The van der Waals surface area contributed by atoms with Crippen molar-refractivity contribution in [3.05, 3.63) is 69.1 Å². The Bertz CT molecular complexity index is 1120. The number of halogens is 3. The Labute approximate surface area is 159 Å². The van der Waals surface area contributed by atoms with Crippen LogP contribution in [0.3, 0.4) is 0 Å². The van der Waals surface area contributed by atoms with Gasteiger partial charge in [-0.05, 0) is 49.2 Å². The van der Waals surface area contributed by atoms with E-state index in [1.165, 1.54) is 6.07 Å². The number of rotatable bonds is 2. The zero-order valence-corrected chi connectivity index (χ0v) is 15.4. The molecule has 4 nitrogen and oxygen atoms in total. The normalized spacial score (nSPS) is 14.1. The molecule has 0 saturated heterocycles. The van der Waals surface area contributed by atoms with Crippen LogP contribution in [0.4, 0.5) is 18.9 Å². The van der Waals surface area contributed by atoms with Gasteiger partial charge in [0.2, 0.25) is 0 Å². The SMILES string of the molecule is CCc1c(C)c2ccc3c(c2oc1=O)CN(c1cccc(C(F)(F)F)c1)CO3. The first kappa shape index (κ1) is 18.4. The van der Waals surface area contributed by atoms with Crippen LogP contribution >= 0.6 is 0 Å². The van der Waals surface area contributed by atoms with Gasteiger partial charge in [0.25, 0.3) is 0 Å². The molecule has 28 heavy (non-hydrogen) atoms. The Morgan fingerprint density at radius 3 is 2.68 bits per heavy atom. The van der Waals surface area contributed by atoms with E-state index in [1.54, 1.807) is 11.0 Å². The first-order chi connectivity index (χ1) is 13.3. The van der Waals surface area contributed by atoms with E-state index < -0.39 is 17.4 Å². The van der Waals surface area contributed by atoms with E-state index in [1.807, 2.05) is 26.0 Å². The smallest absolute Gasteiger partial charge is 0.416 e. The molecule has 1 aromatic heterocycles. The fraction of sp³-hybridized carbons (Fsp3) is 0.286. The van der Waals surface area contributed by atoms with Crippen molar-refractivity contribution in [3.63, 3.8) is 0 Å². The van der Waals surface area contributed by atoms with Gasteiger partial charge in [0.1, 0.15) is 11.3 Å². The van der Waals surface area contributed by atoms with Crippen LogP contribution in [0.1, 0.15) is 29.2 Å². The number of aryl methyl sites for hydroxylation is 1. The number of anilines is 1. The molecule has 1 aliphatic heterocycles. The number of hydrogen-bond acceptors (Lipinski definition) is 4. The van der Waals surface area contributed by atoms with E-state index in [9.17, 15) is 18.0 Å². The van der Waals surface area contributed by atoms with Crippen molar-refractivity contribution in [2.24, 2.45) is 0 Å². The number of fused-ring (bicyclic) bond motifs is 3. The van der Waals surface area contributed by atoms with E-state index in [4.69, 9.17) is 9.15 Å². The van der Waals surface area contributed by atoms with Crippen molar-refractivity contribution in [1.29, 1.82) is 0 Å². The van der Waals surface area contributed by atoms with E-state index >= 15 is 0 Å². The molecule has 0 N–H and O–H groups in total. The summed E-state index contributed by atoms with van der Waals surface area (Å²) in [4.78, 5) is 14.0. The first-order valence-corrected chi connectivity index (χ1v) is 8.92. The highest BCUT2D eigenvalue weighted by molar-refractivity contribution is 5.86. The number of hydrogen-bond donors (Lipinski definition) is 0. The van der Waals surface area contributed by atoms with Gasteiger partial charge in [0.15, 0.2) is 6.73 Å². The van der Waals surface area contributed by atoms with Gasteiger partial charge in [0.05, 0.1) is 17.7 Å². The fourth-order valence-electron chi connectivity index (χ4n) is 3.61. The predicted molar refractivity (Wildman–Crippen MR) is 99.7 cm³/mol. The summed E-state index contributed by atoms with van der Waals surface area (Å²) in [5.41, 5.74) is 1.84. The molecule has 2 aromatic carbocycles. The van der Waals surface area contributed by atoms with E-state index in [0.717, 1.165) is 23.1 Å². The molecule has 3 aromatic rings. The van der Waals surface area contributed by atoms with Crippen LogP contribution in [-0.4, -0.2) is 6.73 Å². The molecule has 0 radical (unpaired) electrons. The molecule has 0 bridgehead atoms. The molecule has 0 aliphatic carbocycles. The van der Waals surface area contributed by atoms with Gasteiger partial charge in [-0.3, -0.25) is 0 Å². The van der Waals surface area contributed by atoms with Gasteiger partial charge in [-0.15, -0.1) is 0 Å². The van der Waals surface area contributed by atoms with Crippen molar-refractivity contribution in [1.82, 2.24) is 0 Å². The first-order valence-electron chi connectivity index (χ1n) is 8.92. The van der Waals surface area contributed by atoms with Crippen LogP contribution in [-0.2, 0) is 19.1 Å². The molecule has 4 rings (SSSR count). The average molecular weight is 389 g/mol. The average Bonchev–Trinajstić information content (AvgIpc) is 2.67. The van der Waals surface area contributed by atoms with Crippen LogP contribution < -0.4 is 15.3 Å². The summed E-state index contributed by atoms with van der Waals surface area (Å²) < 4.78 is 50.5. The lowest BCUT2D eigenvalue weighted by Crippen LogP contribution is -2.32. The second kappa shape index (κ2) is 6.58. The summed E-state index contributed by atoms with van der Waals surface area (Å²) in [5, 5.41) is 0.810. The van der Waals surface area contributed by atoms with Gasteiger partial charge in [0, 0.05) is 16.6 Å². The minimum absolute atomic E-state index is 0.107. The molecular weight excluding hydrogens is 371 g/mol. The molecule has 0 saturated carbocycles. The van der Waals surface area contributed by atoms with Crippen LogP contribution in [0.2, 0.25) is 0 Å². The zero-order valence-electron chi connectivity index (χ0n) is 15.4. The third kappa shape index (κ3) is 3.00. The van der Waals surface area contributed by atoms with Crippen LogP contribution in [0.15, 0.2) is 45.6 Å². The minimum atomic E-state index is -4.42. The maximum atomic E-state index is 13.0. The van der Waals surface area contributed by atoms with Crippen LogP contribution in [0.5, 0.6) is 5.75 Å². The highest BCUT2D eigenvalue weighted by Gasteiger charge is 2.31. The molecule has 7 heteroatoms. The lowest BCUT2D eigenvalue weighted by molar-refractivity contribution is -0.137. The van der Waals surface area contributed by atoms with Crippen molar-refractivity contribution in [2.75, 3.05) is 11.6 Å². The molecule has 146 valence electrons. The summed E-state index contributed by atoms with van der Waals surface area (Å²) in [5.74, 6) is 0.572. The number of ether oxygens (including phenoxy) is 1. The Morgan fingerprint density at radius 1 is 1.18 bits per heavy atom. The molecular formula is C21H18F3NO3. The van der Waals surface area contributed by atoms with E-state index in [2.05, 4.69) is 0 Å². The van der Waals surface area contributed by atoms with Crippen LogP contribution in [0.25, 0.3) is 11.0 Å². The Morgan fingerprint density at radius 2 is 1.96 bits per heavy atom. The monoisotopic (exact) mass is 389 g/mol. The summed E-state index contributed by atoms with van der Waals surface area (Å²) in [6, 6.07) is 8.77. The topological polar surface area (TPSA) is 42.7 Å². The van der Waals surface area contributed by atoms with Gasteiger partial charge >= 0.3 is 11.8 Å². The van der Waals surface area contributed by atoms with Crippen molar-refractivity contribution in [3.8, 4) is 5.75 Å². The standard InChI is InChI=1S/C21H18F3NO3/c1-3-15-12(2)16-7-8-18-17(19(16)28-20(15)26)10-25(11-27-18)14-6-4-5-13(9-14)21(22,23)24/h4-9H,3,10-11H2,1-2H3. The number of nitrogens with zero attached hydrogens (tertiary/aromatic N) is 1. The Kier molecular flexibility index (Phi) is 4.33. The van der Waals surface area contributed by atoms with Gasteiger partial charge in [-0.2, -0.15) is 13.2 Å². The lowest BCUT2D eigenvalue weighted by atomic mass is 10.0. The van der Waals surface area contributed by atoms with Gasteiger partial charge in [-0.25, -0.2) is 4.79 Å². The highest BCUT2D eigenvalue weighted by atomic mass is 19.4. The van der Waals surface area contributed by atoms with Crippen LogP contribution in [0, 0.1) is 6.92 Å². The minimum Gasteiger partial charge on any atom is -0.473 e. The third-order valence-corrected chi connectivity index (χ3v) is 5.13. The Hall–Kier alpha value is -2.96. The summed E-state index contributed by atoms with van der Waals surface area (Å²) in [6.07, 6.45) is -3.86. The quantitative estimate of drug-likeness (QED) is 0.576. The van der Waals surface area contributed by atoms with Crippen molar-refractivity contribution in [2.45, 2.75) is 33.0 Å². The predicted octanol–water partition coefficient (Wildman–Crippen LogP) is 5.04. The lowest BCUT2D eigenvalue weighted by Gasteiger charge is -2.31. The molecule has 2 heterocycles. The fourth-order valence-corrected chi connectivity index (χ4v) is 3.61. The maximum absolute atomic E-state index is 13.0. The maximum Gasteiger partial charge on any atom is 0.416 e. The Balaban J connectivity index is 1.80. The molecule has 0 unspecified atom stereocenters. The van der Waals surface area contributed by atoms with E-state index in [0.29, 0.717) is 34.6 Å². The zero-order chi connectivity index (χ0) is 20.1. The summed E-state index contributed by atoms with van der Waals surface area (Å²) in [7, 11) is 0. The second-order valence-corrected chi connectivity index (χ2v) is 6.79. The van der Waals surface area contributed by atoms with Gasteiger partial charge in [-0.1, -0.05) is 13.0 Å². The second-order valence-electron chi connectivity index (χ2n) is 6.79. The molecule has 0 fully saturated rings. The number of alkyl halides is 3. The molecule has 0 atom stereocenters. The van der Waals surface area contributed by atoms with E-state index in [-0.39, 0.29) is 13.3 Å². The molecule has 0 amide bonds. The molecule has 0 spiro atoms. The number of benzene rings is 2. The van der Waals surface area contributed by atoms with Crippen molar-refractivity contribution >= 4 is 16.7 Å². The van der Waals surface area contributed by atoms with Crippen molar-refractivity contribution < 1.29 is 22.3 Å². The largest absolute Gasteiger partial charge is 0.473 e. The molecule has 1 aliphatic rings. The third-order valence-electron chi connectivity index (χ3n) is 5.13. The summed E-state index contributed by atoms with van der Waals surface area (Å²) >= 11 is 0.